The lowest BCUT2D eigenvalue weighted by Crippen LogP contribution is -2.43. The van der Waals surface area contributed by atoms with Crippen LogP contribution in [0.2, 0.25) is 0 Å². The molecule has 1 heterocycles. The standard InChI is InChI=1S/C13H19N3O3/c1-18-11-6-5-9(8-12(11)19-2)15-13(17)10-4-3-7-16(10)14/h5-6,8,10H,3-4,7,14H2,1-2H3,(H,15,17)/t10-/m1/s1. The van der Waals surface area contributed by atoms with Gasteiger partial charge in [0.2, 0.25) is 5.91 Å². The fourth-order valence-electron chi connectivity index (χ4n) is 2.21. The lowest BCUT2D eigenvalue weighted by atomic mass is 10.2. The largest absolute Gasteiger partial charge is 0.493 e. The van der Waals surface area contributed by atoms with Crippen molar-refractivity contribution in [3.05, 3.63) is 18.2 Å². The Balaban J connectivity index is 2.08. The molecular weight excluding hydrogens is 246 g/mol. The molecule has 19 heavy (non-hydrogen) atoms. The van der Waals surface area contributed by atoms with Crippen LogP contribution < -0.4 is 20.6 Å². The highest BCUT2D eigenvalue weighted by Crippen LogP contribution is 2.30. The first-order valence-electron chi connectivity index (χ1n) is 6.20. The molecule has 0 radical (unpaired) electrons. The number of nitrogens with two attached hydrogens (primary N) is 1. The summed E-state index contributed by atoms with van der Waals surface area (Å²) in [5.41, 5.74) is 0.669. The molecule has 3 N–H and O–H groups in total. The van der Waals surface area contributed by atoms with Crippen LogP contribution in [0.4, 0.5) is 5.69 Å². The summed E-state index contributed by atoms with van der Waals surface area (Å²) in [7, 11) is 3.13. The van der Waals surface area contributed by atoms with E-state index < -0.39 is 0 Å². The topological polar surface area (TPSA) is 76.8 Å². The van der Waals surface area contributed by atoms with E-state index in [9.17, 15) is 4.79 Å². The number of nitrogens with zero attached hydrogens (tertiary/aromatic N) is 1. The van der Waals surface area contributed by atoms with Crippen molar-refractivity contribution in [3.8, 4) is 11.5 Å². The number of benzene rings is 1. The van der Waals surface area contributed by atoms with Crippen molar-refractivity contribution >= 4 is 11.6 Å². The van der Waals surface area contributed by atoms with Crippen LogP contribution in [0.25, 0.3) is 0 Å². The number of nitrogens with one attached hydrogen (secondary N) is 1. The minimum Gasteiger partial charge on any atom is -0.493 e. The Morgan fingerprint density at radius 2 is 2.11 bits per heavy atom. The van der Waals surface area contributed by atoms with E-state index in [4.69, 9.17) is 15.3 Å². The highest BCUT2D eigenvalue weighted by Gasteiger charge is 2.28. The van der Waals surface area contributed by atoms with Gasteiger partial charge in [0.25, 0.3) is 0 Å². The second kappa shape index (κ2) is 5.90. The van der Waals surface area contributed by atoms with Crippen LogP contribution in [0.15, 0.2) is 18.2 Å². The molecule has 1 aliphatic heterocycles. The molecule has 1 atom stereocenters. The van der Waals surface area contributed by atoms with E-state index in [0.717, 1.165) is 19.4 Å². The molecule has 1 aromatic carbocycles. The van der Waals surface area contributed by atoms with Gasteiger partial charge in [0, 0.05) is 18.3 Å². The molecule has 0 saturated carbocycles. The summed E-state index contributed by atoms with van der Waals surface area (Å²) in [6.45, 7) is 0.754. The first-order valence-corrected chi connectivity index (χ1v) is 6.20. The molecule has 1 saturated heterocycles. The first kappa shape index (κ1) is 13.6. The zero-order valence-corrected chi connectivity index (χ0v) is 11.2. The van der Waals surface area contributed by atoms with Gasteiger partial charge in [-0.15, -0.1) is 0 Å². The minimum absolute atomic E-state index is 0.0905. The maximum atomic E-state index is 12.1. The molecule has 104 valence electrons. The first-order chi connectivity index (χ1) is 9.15. The Labute approximate surface area is 112 Å². The molecule has 1 amide bonds. The Kier molecular flexibility index (Phi) is 4.24. The Hall–Kier alpha value is -1.79. The number of carbonyl (C=O) groups is 1. The van der Waals surface area contributed by atoms with Crippen LogP contribution in [-0.2, 0) is 4.79 Å². The van der Waals surface area contributed by atoms with Crippen LogP contribution >= 0.6 is 0 Å². The summed E-state index contributed by atoms with van der Waals surface area (Å²) in [5, 5.41) is 4.42. The minimum atomic E-state index is -0.256. The van der Waals surface area contributed by atoms with E-state index in [1.807, 2.05) is 0 Å². The molecule has 0 unspecified atom stereocenters. The van der Waals surface area contributed by atoms with E-state index in [0.29, 0.717) is 17.2 Å². The predicted octanol–water partition coefficient (Wildman–Crippen LogP) is 0.980. The van der Waals surface area contributed by atoms with E-state index in [-0.39, 0.29) is 11.9 Å². The summed E-state index contributed by atoms with van der Waals surface area (Å²) < 4.78 is 10.3. The predicted molar refractivity (Wildman–Crippen MR) is 72.1 cm³/mol. The van der Waals surface area contributed by atoms with Crippen LogP contribution in [0.5, 0.6) is 11.5 Å². The third kappa shape index (κ3) is 2.97. The lowest BCUT2D eigenvalue weighted by molar-refractivity contribution is -0.120. The zero-order valence-electron chi connectivity index (χ0n) is 11.2. The lowest BCUT2D eigenvalue weighted by Gasteiger charge is -2.18. The van der Waals surface area contributed by atoms with Gasteiger partial charge < -0.3 is 14.8 Å². The third-order valence-corrected chi connectivity index (χ3v) is 3.25. The monoisotopic (exact) mass is 265 g/mol. The maximum absolute atomic E-state index is 12.1. The molecular formula is C13H19N3O3. The fraction of sp³-hybridized carbons (Fsp3) is 0.462. The molecule has 0 bridgehead atoms. The molecule has 2 rings (SSSR count). The molecule has 1 aliphatic rings. The number of rotatable bonds is 4. The highest BCUT2D eigenvalue weighted by atomic mass is 16.5. The number of methoxy groups -OCH3 is 2. The van der Waals surface area contributed by atoms with Crippen LogP contribution in [0.1, 0.15) is 12.8 Å². The van der Waals surface area contributed by atoms with Crippen molar-refractivity contribution in [2.45, 2.75) is 18.9 Å². The van der Waals surface area contributed by atoms with Gasteiger partial charge in [0.05, 0.1) is 14.2 Å². The summed E-state index contributed by atoms with van der Waals surface area (Å²) in [5.74, 6) is 6.88. The summed E-state index contributed by atoms with van der Waals surface area (Å²) in [6, 6.07) is 5.00. The van der Waals surface area contributed by atoms with Crippen LogP contribution in [0.3, 0.4) is 0 Å². The number of hydrogen-bond donors (Lipinski definition) is 2. The number of hydrogen-bond acceptors (Lipinski definition) is 5. The van der Waals surface area contributed by atoms with Crippen molar-refractivity contribution in [1.82, 2.24) is 5.01 Å². The van der Waals surface area contributed by atoms with Gasteiger partial charge >= 0.3 is 0 Å². The van der Waals surface area contributed by atoms with Gasteiger partial charge in [-0.2, -0.15) is 0 Å². The van der Waals surface area contributed by atoms with Gasteiger partial charge in [-0.25, -0.2) is 5.01 Å². The van der Waals surface area contributed by atoms with Gasteiger partial charge in [-0.1, -0.05) is 0 Å². The number of carbonyl (C=O) groups excluding carboxylic acids is 1. The second-order valence-corrected chi connectivity index (χ2v) is 4.45. The number of anilines is 1. The normalized spacial score (nSPS) is 19.2. The number of ether oxygens (including phenoxy) is 2. The Morgan fingerprint density at radius 3 is 2.68 bits per heavy atom. The second-order valence-electron chi connectivity index (χ2n) is 4.45. The molecule has 0 aromatic heterocycles. The molecule has 0 spiro atoms. The quantitative estimate of drug-likeness (QED) is 0.794. The van der Waals surface area contributed by atoms with Crippen molar-refractivity contribution in [2.24, 2.45) is 5.84 Å². The van der Waals surface area contributed by atoms with Crippen LogP contribution in [-0.4, -0.2) is 37.7 Å². The van der Waals surface area contributed by atoms with E-state index in [2.05, 4.69) is 5.32 Å². The van der Waals surface area contributed by atoms with Gasteiger partial charge in [-0.05, 0) is 25.0 Å². The van der Waals surface area contributed by atoms with Crippen molar-refractivity contribution < 1.29 is 14.3 Å². The Morgan fingerprint density at radius 1 is 1.37 bits per heavy atom. The molecule has 1 fully saturated rings. The van der Waals surface area contributed by atoms with Gasteiger partial charge in [0.1, 0.15) is 6.04 Å². The molecule has 0 aliphatic carbocycles. The van der Waals surface area contributed by atoms with Gasteiger partial charge in [0.15, 0.2) is 11.5 Å². The van der Waals surface area contributed by atoms with Crippen molar-refractivity contribution in [1.29, 1.82) is 0 Å². The average molecular weight is 265 g/mol. The number of hydrazine groups is 1. The summed E-state index contributed by atoms with van der Waals surface area (Å²) >= 11 is 0. The average Bonchev–Trinajstić information content (AvgIpc) is 2.85. The maximum Gasteiger partial charge on any atom is 0.243 e. The van der Waals surface area contributed by atoms with E-state index in [1.165, 1.54) is 0 Å². The SMILES string of the molecule is COc1ccc(NC(=O)[C@H]2CCCN2N)cc1OC. The molecule has 6 nitrogen and oxygen atoms in total. The van der Waals surface area contributed by atoms with Crippen molar-refractivity contribution in [2.75, 3.05) is 26.1 Å². The van der Waals surface area contributed by atoms with E-state index in [1.54, 1.807) is 37.4 Å². The Bertz CT molecular complexity index is 464. The highest BCUT2D eigenvalue weighted by molar-refractivity contribution is 5.95. The van der Waals surface area contributed by atoms with Gasteiger partial charge in [-0.3, -0.25) is 10.6 Å². The zero-order chi connectivity index (χ0) is 13.8. The van der Waals surface area contributed by atoms with E-state index >= 15 is 0 Å². The summed E-state index contributed by atoms with van der Waals surface area (Å²) in [6.07, 6.45) is 1.73. The van der Waals surface area contributed by atoms with Crippen LogP contribution in [0, 0.1) is 0 Å². The molecule has 6 heteroatoms. The molecule has 1 aromatic rings. The summed E-state index contributed by atoms with van der Waals surface area (Å²) in [4.78, 5) is 12.1. The number of amides is 1. The fourth-order valence-corrected chi connectivity index (χ4v) is 2.21. The smallest absolute Gasteiger partial charge is 0.243 e. The van der Waals surface area contributed by atoms with Crippen molar-refractivity contribution in [3.63, 3.8) is 0 Å². The third-order valence-electron chi connectivity index (χ3n) is 3.25.